The average molecular weight is 419 g/mol. The van der Waals surface area contributed by atoms with Crippen molar-refractivity contribution >= 4 is 17.6 Å². The van der Waals surface area contributed by atoms with E-state index in [2.05, 4.69) is 13.8 Å². The van der Waals surface area contributed by atoms with Gasteiger partial charge in [0.25, 0.3) is 5.69 Å². The maximum absolute atomic E-state index is 13.1. The molecule has 1 amide bonds. The van der Waals surface area contributed by atoms with Crippen LogP contribution in [0.4, 0.5) is 5.69 Å². The number of esters is 1. The summed E-state index contributed by atoms with van der Waals surface area (Å²) in [6.45, 7) is 5.17. The summed E-state index contributed by atoms with van der Waals surface area (Å²) in [7, 11) is 0. The van der Waals surface area contributed by atoms with Crippen LogP contribution in [0.3, 0.4) is 0 Å². The predicted octanol–water partition coefficient (Wildman–Crippen LogP) is 5.13. The van der Waals surface area contributed by atoms with E-state index in [1.54, 1.807) is 0 Å². The first-order valence-corrected chi connectivity index (χ1v) is 11.2. The summed E-state index contributed by atoms with van der Waals surface area (Å²) in [6, 6.07) is 5.28. The molecule has 7 nitrogen and oxygen atoms in total. The third-order valence-electron chi connectivity index (χ3n) is 5.77. The highest BCUT2D eigenvalue weighted by atomic mass is 16.6. The van der Waals surface area contributed by atoms with E-state index in [1.807, 2.05) is 4.90 Å². The maximum Gasteiger partial charge on any atom is 0.338 e. The van der Waals surface area contributed by atoms with E-state index < -0.39 is 10.9 Å². The van der Waals surface area contributed by atoms with Crippen LogP contribution in [0.1, 0.15) is 82.0 Å². The quantitative estimate of drug-likeness (QED) is 0.203. The van der Waals surface area contributed by atoms with Crippen LogP contribution in [0.15, 0.2) is 24.3 Å². The molecule has 166 valence electrons. The number of likely N-dealkylation sites (tertiary alicyclic amines) is 1. The molecule has 2 atom stereocenters. The Bertz CT molecular complexity index is 704. The molecule has 0 spiro atoms. The van der Waals surface area contributed by atoms with Crippen LogP contribution in [-0.4, -0.2) is 40.9 Å². The first kappa shape index (κ1) is 23.8. The zero-order valence-corrected chi connectivity index (χ0v) is 18.2. The number of unbranched alkanes of at least 4 members (excludes halogenated alkanes) is 3. The molecule has 0 saturated carbocycles. The largest absolute Gasteiger partial charge is 0.460 e. The van der Waals surface area contributed by atoms with Gasteiger partial charge in [-0.05, 0) is 37.8 Å². The zero-order valence-electron chi connectivity index (χ0n) is 18.2. The van der Waals surface area contributed by atoms with Crippen molar-refractivity contribution in [3.8, 4) is 0 Å². The Kier molecular flexibility index (Phi) is 9.77. The summed E-state index contributed by atoms with van der Waals surface area (Å²) in [5.41, 5.74) is 0.205. The van der Waals surface area contributed by atoms with Crippen molar-refractivity contribution in [2.75, 3.05) is 13.2 Å². The molecule has 1 aromatic carbocycles. The van der Waals surface area contributed by atoms with E-state index in [-0.39, 0.29) is 35.7 Å². The molecule has 0 aliphatic carbocycles. The Morgan fingerprint density at radius 1 is 1.13 bits per heavy atom. The number of nitrogens with zero attached hydrogens (tertiary/aromatic N) is 2. The van der Waals surface area contributed by atoms with E-state index in [9.17, 15) is 19.7 Å². The smallest absolute Gasteiger partial charge is 0.338 e. The topological polar surface area (TPSA) is 89.8 Å². The monoisotopic (exact) mass is 418 g/mol. The Hall–Kier alpha value is -2.44. The number of hydrogen-bond donors (Lipinski definition) is 0. The van der Waals surface area contributed by atoms with E-state index >= 15 is 0 Å². The minimum absolute atomic E-state index is 0.0535. The molecular formula is C23H34N2O5. The number of nitro benzene ring substituents is 1. The molecule has 1 aliphatic heterocycles. The number of amides is 1. The number of ether oxygens (including phenoxy) is 1. The van der Waals surface area contributed by atoms with Gasteiger partial charge in [-0.25, -0.2) is 4.79 Å². The van der Waals surface area contributed by atoms with Gasteiger partial charge in [-0.3, -0.25) is 14.9 Å². The standard InChI is InChI=1S/C23H34N2O5/c1-3-5-6-7-10-18(9-4-2)22(26)24-16-8-11-21(24)17-30-23(27)19-12-14-20(15-13-19)25(28)29/h12-15,18,21H,3-11,16-17H2,1-2H3/t18-,21+/m1/s1. The normalized spacial score (nSPS) is 17.0. The summed E-state index contributed by atoms with van der Waals surface area (Å²) in [5.74, 6) is -0.270. The molecule has 1 aromatic rings. The van der Waals surface area contributed by atoms with Crippen LogP contribution in [0.25, 0.3) is 0 Å². The number of nitro groups is 1. The van der Waals surface area contributed by atoms with Crippen molar-refractivity contribution in [2.45, 2.75) is 77.7 Å². The molecule has 30 heavy (non-hydrogen) atoms. The fourth-order valence-corrected chi connectivity index (χ4v) is 4.07. The van der Waals surface area contributed by atoms with Gasteiger partial charge in [-0.15, -0.1) is 0 Å². The van der Waals surface area contributed by atoms with Gasteiger partial charge < -0.3 is 9.64 Å². The summed E-state index contributed by atoms with van der Waals surface area (Å²) < 4.78 is 5.44. The first-order chi connectivity index (χ1) is 14.5. The van der Waals surface area contributed by atoms with Gasteiger partial charge in [0.2, 0.25) is 5.91 Å². The van der Waals surface area contributed by atoms with Crippen molar-refractivity contribution in [3.63, 3.8) is 0 Å². The highest BCUT2D eigenvalue weighted by Crippen LogP contribution is 2.25. The van der Waals surface area contributed by atoms with Crippen LogP contribution in [-0.2, 0) is 9.53 Å². The van der Waals surface area contributed by atoms with Crippen LogP contribution in [0.2, 0.25) is 0 Å². The second-order valence-corrected chi connectivity index (χ2v) is 8.07. The third-order valence-corrected chi connectivity index (χ3v) is 5.77. The second-order valence-electron chi connectivity index (χ2n) is 8.07. The Labute approximate surface area is 178 Å². The lowest BCUT2D eigenvalue weighted by Crippen LogP contribution is -2.42. The molecule has 0 unspecified atom stereocenters. The lowest BCUT2D eigenvalue weighted by atomic mass is 9.94. The van der Waals surface area contributed by atoms with Crippen LogP contribution >= 0.6 is 0 Å². The Morgan fingerprint density at radius 3 is 2.50 bits per heavy atom. The number of rotatable bonds is 12. The van der Waals surface area contributed by atoms with Crippen LogP contribution < -0.4 is 0 Å². The fraction of sp³-hybridized carbons (Fsp3) is 0.652. The van der Waals surface area contributed by atoms with Crippen molar-refractivity contribution in [1.82, 2.24) is 4.90 Å². The van der Waals surface area contributed by atoms with Gasteiger partial charge in [-0.2, -0.15) is 0 Å². The summed E-state index contributed by atoms with van der Waals surface area (Å²) in [4.78, 5) is 37.6. The van der Waals surface area contributed by atoms with E-state index in [1.165, 1.54) is 43.5 Å². The van der Waals surface area contributed by atoms with Crippen molar-refractivity contribution in [1.29, 1.82) is 0 Å². The van der Waals surface area contributed by atoms with E-state index in [0.717, 1.165) is 38.5 Å². The molecule has 1 fully saturated rings. The lowest BCUT2D eigenvalue weighted by molar-refractivity contribution is -0.384. The number of hydrogen-bond acceptors (Lipinski definition) is 5. The molecule has 0 bridgehead atoms. The maximum atomic E-state index is 13.1. The number of carbonyl (C=O) groups excluding carboxylic acids is 2. The molecule has 1 saturated heterocycles. The van der Waals surface area contributed by atoms with E-state index in [0.29, 0.717) is 6.54 Å². The van der Waals surface area contributed by atoms with Crippen molar-refractivity contribution in [2.24, 2.45) is 5.92 Å². The molecule has 1 heterocycles. The first-order valence-electron chi connectivity index (χ1n) is 11.2. The van der Waals surface area contributed by atoms with Crippen molar-refractivity contribution in [3.05, 3.63) is 39.9 Å². The number of non-ortho nitro benzene ring substituents is 1. The van der Waals surface area contributed by atoms with Crippen LogP contribution in [0, 0.1) is 16.0 Å². The minimum Gasteiger partial charge on any atom is -0.460 e. The summed E-state index contributed by atoms with van der Waals surface area (Å²) >= 11 is 0. The van der Waals surface area contributed by atoms with Gasteiger partial charge in [0, 0.05) is 24.6 Å². The minimum atomic E-state index is -0.520. The van der Waals surface area contributed by atoms with Gasteiger partial charge in [-0.1, -0.05) is 46.0 Å². The second kappa shape index (κ2) is 12.3. The summed E-state index contributed by atoms with van der Waals surface area (Å²) in [5, 5.41) is 10.7. The molecule has 0 aromatic heterocycles. The zero-order chi connectivity index (χ0) is 21.9. The third kappa shape index (κ3) is 6.82. The van der Waals surface area contributed by atoms with Gasteiger partial charge >= 0.3 is 5.97 Å². The molecule has 0 N–H and O–H groups in total. The van der Waals surface area contributed by atoms with Gasteiger partial charge in [0.1, 0.15) is 6.61 Å². The SMILES string of the molecule is CCCCCC[C@@H](CCC)C(=O)N1CCC[C@H]1COC(=O)c1ccc([N+](=O)[O-])cc1. The highest BCUT2D eigenvalue weighted by molar-refractivity contribution is 5.89. The van der Waals surface area contributed by atoms with Gasteiger partial charge in [0.05, 0.1) is 16.5 Å². The van der Waals surface area contributed by atoms with Gasteiger partial charge in [0.15, 0.2) is 0 Å². The molecule has 2 rings (SSSR count). The van der Waals surface area contributed by atoms with Crippen LogP contribution in [0.5, 0.6) is 0 Å². The summed E-state index contributed by atoms with van der Waals surface area (Å²) in [6.07, 6.45) is 9.19. The molecule has 1 aliphatic rings. The highest BCUT2D eigenvalue weighted by Gasteiger charge is 2.33. The van der Waals surface area contributed by atoms with E-state index in [4.69, 9.17) is 4.74 Å². The fourth-order valence-electron chi connectivity index (χ4n) is 4.07. The number of carbonyl (C=O) groups is 2. The predicted molar refractivity (Wildman–Crippen MR) is 115 cm³/mol. The number of benzene rings is 1. The molecular weight excluding hydrogens is 384 g/mol. The Balaban J connectivity index is 1.90. The average Bonchev–Trinajstić information content (AvgIpc) is 3.22. The lowest BCUT2D eigenvalue weighted by Gasteiger charge is -2.28. The van der Waals surface area contributed by atoms with Crippen molar-refractivity contribution < 1.29 is 19.2 Å². The molecule has 0 radical (unpaired) electrons. The Morgan fingerprint density at radius 2 is 1.87 bits per heavy atom. The molecule has 7 heteroatoms.